The Labute approximate surface area is 175 Å². The van der Waals surface area contributed by atoms with E-state index in [0.29, 0.717) is 17.7 Å². The fourth-order valence-corrected chi connectivity index (χ4v) is 5.73. The summed E-state index contributed by atoms with van der Waals surface area (Å²) < 4.78 is 54.6. The van der Waals surface area contributed by atoms with Crippen LogP contribution in [0.5, 0.6) is 0 Å². The summed E-state index contributed by atoms with van der Waals surface area (Å²) in [5.74, 6) is -3.01. The zero-order valence-electron chi connectivity index (χ0n) is 16.5. The molecule has 0 atom stereocenters. The van der Waals surface area contributed by atoms with Crippen molar-refractivity contribution in [2.75, 3.05) is 18.4 Å². The highest BCUT2D eigenvalue weighted by atomic mass is 32.2. The van der Waals surface area contributed by atoms with Crippen LogP contribution < -0.4 is 5.32 Å². The Balaban J connectivity index is 1.41. The van der Waals surface area contributed by atoms with Crippen molar-refractivity contribution < 1.29 is 22.0 Å². The summed E-state index contributed by atoms with van der Waals surface area (Å²) in [5.41, 5.74) is 2.12. The highest BCUT2D eigenvalue weighted by molar-refractivity contribution is 7.89. The third-order valence-electron chi connectivity index (χ3n) is 5.99. The fourth-order valence-electron chi connectivity index (χ4n) is 4.21. The van der Waals surface area contributed by atoms with Crippen LogP contribution in [0.1, 0.15) is 36.8 Å². The Morgan fingerprint density at radius 1 is 1.00 bits per heavy atom. The highest BCUT2D eigenvalue weighted by Gasteiger charge is 2.32. The largest absolute Gasteiger partial charge is 0.323 e. The number of hydrogen-bond donors (Lipinski definition) is 1. The highest BCUT2D eigenvalue weighted by Crippen LogP contribution is 2.29. The van der Waals surface area contributed by atoms with Crippen molar-refractivity contribution >= 4 is 21.6 Å². The third kappa shape index (κ3) is 4.11. The van der Waals surface area contributed by atoms with E-state index in [2.05, 4.69) is 5.32 Å². The molecule has 2 aliphatic rings. The van der Waals surface area contributed by atoms with Crippen molar-refractivity contribution in [3.05, 3.63) is 59.2 Å². The second-order valence-corrected chi connectivity index (χ2v) is 9.84. The summed E-state index contributed by atoms with van der Waals surface area (Å²) in [7, 11) is -3.62. The van der Waals surface area contributed by atoms with Gasteiger partial charge in [0.1, 0.15) is 0 Å². The molecule has 5 nitrogen and oxygen atoms in total. The van der Waals surface area contributed by atoms with Gasteiger partial charge in [-0.1, -0.05) is 12.1 Å². The number of hydrogen-bond acceptors (Lipinski definition) is 3. The van der Waals surface area contributed by atoms with Gasteiger partial charge < -0.3 is 5.32 Å². The lowest BCUT2D eigenvalue weighted by molar-refractivity contribution is -0.120. The lowest BCUT2D eigenvalue weighted by atomic mass is 9.92. The van der Waals surface area contributed by atoms with Crippen LogP contribution in [0.2, 0.25) is 0 Å². The molecule has 1 N–H and O–H groups in total. The maximum absolute atomic E-state index is 13.8. The van der Waals surface area contributed by atoms with Crippen LogP contribution in [0.15, 0.2) is 41.3 Å². The van der Waals surface area contributed by atoms with Gasteiger partial charge in [0.05, 0.1) is 10.6 Å². The average molecular weight is 435 g/mol. The standard InChI is InChI=1S/C22H24F2N2O3S/c23-19-6-3-7-20(21(19)24)25-22(27)16-10-12-26(13-11-16)30(28,29)18-9-8-15-4-1-2-5-17(15)14-18/h3,6-9,14,16H,1-2,4-5,10-13H2,(H,25,27). The number of benzene rings is 2. The first-order valence-electron chi connectivity index (χ1n) is 10.2. The molecule has 0 spiro atoms. The first kappa shape index (κ1) is 20.9. The minimum absolute atomic E-state index is 0.205. The molecule has 1 amide bonds. The van der Waals surface area contributed by atoms with Gasteiger partial charge in [0.2, 0.25) is 15.9 Å². The van der Waals surface area contributed by atoms with Gasteiger partial charge in [-0.15, -0.1) is 0 Å². The zero-order valence-corrected chi connectivity index (χ0v) is 17.4. The molecule has 1 fully saturated rings. The van der Waals surface area contributed by atoms with Crippen LogP contribution in [-0.4, -0.2) is 31.7 Å². The molecule has 4 rings (SSSR count). The number of sulfonamides is 1. The van der Waals surface area contributed by atoms with Gasteiger partial charge in [0.15, 0.2) is 11.6 Å². The van der Waals surface area contributed by atoms with Crippen molar-refractivity contribution in [2.45, 2.75) is 43.4 Å². The number of piperidine rings is 1. The van der Waals surface area contributed by atoms with E-state index >= 15 is 0 Å². The molecule has 1 saturated heterocycles. The Hall–Kier alpha value is -2.32. The summed E-state index contributed by atoms with van der Waals surface area (Å²) >= 11 is 0. The lowest BCUT2D eigenvalue weighted by Crippen LogP contribution is -2.41. The van der Waals surface area contributed by atoms with Crippen molar-refractivity contribution in [2.24, 2.45) is 5.92 Å². The monoisotopic (exact) mass is 434 g/mol. The molecular formula is C22H24F2N2O3S. The van der Waals surface area contributed by atoms with E-state index in [9.17, 15) is 22.0 Å². The SMILES string of the molecule is O=C(Nc1cccc(F)c1F)C1CCN(S(=O)(=O)c2ccc3c(c2)CCCC3)CC1. The van der Waals surface area contributed by atoms with E-state index in [1.807, 2.05) is 6.07 Å². The van der Waals surface area contributed by atoms with Crippen molar-refractivity contribution in [3.8, 4) is 0 Å². The maximum Gasteiger partial charge on any atom is 0.243 e. The topological polar surface area (TPSA) is 66.5 Å². The zero-order chi connectivity index (χ0) is 21.3. The summed E-state index contributed by atoms with van der Waals surface area (Å²) in [4.78, 5) is 12.7. The number of nitrogens with zero attached hydrogens (tertiary/aromatic N) is 1. The van der Waals surface area contributed by atoms with E-state index in [1.54, 1.807) is 12.1 Å². The quantitative estimate of drug-likeness (QED) is 0.794. The maximum atomic E-state index is 13.8. The minimum atomic E-state index is -3.62. The number of nitrogens with one attached hydrogen (secondary N) is 1. The second kappa shape index (κ2) is 8.43. The Morgan fingerprint density at radius 3 is 2.43 bits per heavy atom. The fraction of sp³-hybridized carbons (Fsp3) is 0.409. The molecule has 8 heteroatoms. The van der Waals surface area contributed by atoms with Crippen molar-refractivity contribution in [3.63, 3.8) is 0 Å². The van der Waals surface area contributed by atoms with Crippen LogP contribution in [0.4, 0.5) is 14.5 Å². The number of rotatable bonds is 4. The number of aryl methyl sites for hydroxylation is 2. The molecule has 160 valence electrons. The molecule has 0 radical (unpaired) electrons. The molecule has 1 heterocycles. The van der Waals surface area contributed by atoms with Crippen LogP contribution in [0, 0.1) is 17.6 Å². The number of amides is 1. The summed E-state index contributed by atoms with van der Waals surface area (Å²) in [6.07, 6.45) is 4.75. The number of fused-ring (bicyclic) bond motifs is 1. The number of halogens is 2. The van der Waals surface area contributed by atoms with Gasteiger partial charge in [-0.3, -0.25) is 4.79 Å². The van der Waals surface area contributed by atoms with Crippen LogP contribution in [0.25, 0.3) is 0 Å². The van der Waals surface area contributed by atoms with Gasteiger partial charge in [-0.2, -0.15) is 4.31 Å². The number of carbonyl (C=O) groups is 1. The predicted molar refractivity (Wildman–Crippen MR) is 110 cm³/mol. The summed E-state index contributed by atoms with van der Waals surface area (Å²) in [5, 5.41) is 2.42. The van der Waals surface area contributed by atoms with E-state index in [4.69, 9.17) is 0 Å². The van der Waals surface area contributed by atoms with Gasteiger partial charge in [-0.25, -0.2) is 17.2 Å². The van der Waals surface area contributed by atoms with Crippen LogP contribution in [0.3, 0.4) is 0 Å². The van der Waals surface area contributed by atoms with E-state index in [0.717, 1.165) is 37.3 Å². The third-order valence-corrected chi connectivity index (χ3v) is 7.89. The lowest BCUT2D eigenvalue weighted by Gasteiger charge is -2.31. The molecule has 0 bridgehead atoms. The molecule has 0 aromatic heterocycles. The first-order chi connectivity index (χ1) is 14.4. The molecule has 1 aliphatic heterocycles. The molecule has 0 saturated carbocycles. The smallest absolute Gasteiger partial charge is 0.243 e. The second-order valence-electron chi connectivity index (χ2n) is 7.91. The molecule has 1 aliphatic carbocycles. The molecule has 0 unspecified atom stereocenters. The van der Waals surface area contributed by atoms with Crippen LogP contribution >= 0.6 is 0 Å². The Bertz CT molecular complexity index is 1060. The molecule has 2 aromatic rings. The van der Waals surface area contributed by atoms with E-state index < -0.39 is 33.5 Å². The van der Waals surface area contributed by atoms with Crippen molar-refractivity contribution in [1.82, 2.24) is 4.31 Å². The van der Waals surface area contributed by atoms with Crippen LogP contribution in [-0.2, 0) is 27.7 Å². The summed E-state index contributed by atoms with van der Waals surface area (Å²) in [6.45, 7) is 0.423. The summed E-state index contributed by atoms with van der Waals surface area (Å²) in [6, 6.07) is 8.97. The van der Waals surface area contributed by atoms with Gasteiger partial charge >= 0.3 is 0 Å². The molecular weight excluding hydrogens is 410 g/mol. The van der Waals surface area contributed by atoms with E-state index in [1.165, 1.54) is 22.0 Å². The minimum Gasteiger partial charge on any atom is -0.323 e. The van der Waals surface area contributed by atoms with Gasteiger partial charge in [0, 0.05) is 19.0 Å². The van der Waals surface area contributed by atoms with E-state index in [-0.39, 0.29) is 18.8 Å². The predicted octanol–water partition coefficient (Wildman–Crippen LogP) is 3.88. The first-order valence-corrected chi connectivity index (χ1v) is 11.7. The molecule has 30 heavy (non-hydrogen) atoms. The van der Waals surface area contributed by atoms with Crippen molar-refractivity contribution in [1.29, 1.82) is 0 Å². The van der Waals surface area contributed by atoms with Gasteiger partial charge in [0.25, 0.3) is 0 Å². The van der Waals surface area contributed by atoms with Gasteiger partial charge in [-0.05, 0) is 73.9 Å². The average Bonchev–Trinajstić information content (AvgIpc) is 2.76. The number of carbonyl (C=O) groups excluding carboxylic acids is 1. The molecule has 2 aromatic carbocycles. The Kier molecular flexibility index (Phi) is 5.88. The normalized spacial score (nSPS) is 18.1. The number of anilines is 1. The Morgan fingerprint density at radius 2 is 1.70 bits per heavy atom.